The summed E-state index contributed by atoms with van der Waals surface area (Å²) in [4.78, 5) is 15.0. The van der Waals surface area contributed by atoms with Gasteiger partial charge in [-0.25, -0.2) is 4.39 Å². The first kappa shape index (κ1) is 29.5. The van der Waals surface area contributed by atoms with Gasteiger partial charge in [-0.1, -0.05) is 25.8 Å². The van der Waals surface area contributed by atoms with Gasteiger partial charge in [-0.05, 0) is 109 Å². The lowest BCUT2D eigenvalue weighted by atomic mass is 9.51. The number of halogens is 1. The molecule has 1 amide bonds. The smallest absolute Gasteiger partial charge is 0.253 e. The number of aromatic hydroxyl groups is 1. The summed E-state index contributed by atoms with van der Waals surface area (Å²) in [6.45, 7) is 3.67. The molecule has 2 saturated carbocycles. The van der Waals surface area contributed by atoms with Gasteiger partial charge in [-0.15, -0.1) is 0 Å². The molecule has 2 N–H and O–H groups in total. The van der Waals surface area contributed by atoms with Crippen molar-refractivity contribution in [3.05, 3.63) is 64.7 Å². The quantitative estimate of drug-likeness (QED) is 0.346. The highest BCUT2D eigenvalue weighted by Gasteiger charge is 2.59. The molecule has 0 unspecified atom stereocenters. The molecule has 0 bridgehead atoms. The molecule has 0 aliphatic heterocycles. The Morgan fingerprint density at radius 3 is 2.66 bits per heavy atom. The van der Waals surface area contributed by atoms with Gasteiger partial charge in [-0.2, -0.15) is 5.26 Å². The molecule has 6 nitrogen and oxygen atoms in total. The number of benzene rings is 2. The zero-order valence-electron chi connectivity index (χ0n) is 24.3. The van der Waals surface area contributed by atoms with Gasteiger partial charge in [0.25, 0.3) is 5.91 Å². The molecule has 2 aromatic carbocycles. The summed E-state index contributed by atoms with van der Waals surface area (Å²) < 4.78 is 21.2. The van der Waals surface area contributed by atoms with Gasteiger partial charge < -0.3 is 19.8 Å². The highest BCUT2D eigenvalue weighted by Crippen LogP contribution is 2.63. The molecule has 7 heteroatoms. The van der Waals surface area contributed by atoms with E-state index in [1.54, 1.807) is 37.4 Å². The number of amides is 1. The fraction of sp³-hybridized carbons (Fsp3) is 0.588. The van der Waals surface area contributed by atoms with Crippen LogP contribution in [0, 0.1) is 34.5 Å². The standard InChI is InChI=1S/C34H43FN2O4/c1-34-20-29(35)32-27-12-11-26(38)19-25(27)18-24(31(32)28(34)13-14-30(34)39)6-4-3-5-15-37(16-17-41-2)33(40)23-9-7-22(21-36)8-10-23/h7-12,19,24,28-32,38-39H,3-6,13-18,20H2,1-2H3/t24-,28+,29+,30+,31+,32+,34+/m1/s1. The van der Waals surface area contributed by atoms with Crippen molar-refractivity contribution in [1.29, 1.82) is 5.26 Å². The van der Waals surface area contributed by atoms with E-state index in [4.69, 9.17) is 10.00 Å². The Morgan fingerprint density at radius 1 is 1.15 bits per heavy atom. The van der Waals surface area contributed by atoms with Crippen molar-refractivity contribution in [2.45, 2.75) is 76.5 Å². The van der Waals surface area contributed by atoms with Gasteiger partial charge in [0, 0.05) is 31.7 Å². The van der Waals surface area contributed by atoms with Gasteiger partial charge in [0.05, 0.1) is 24.3 Å². The first-order chi connectivity index (χ1) is 19.8. The number of methoxy groups -OCH3 is 1. The number of nitrogens with zero attached hydrogens (tertiary/aromatic N) is 2. The third-order valence-corrected chi connectivity index (χ3v) is 10.4. The van der Waals surface area contributed by atoms with Crippen molar-refractivity contribution in [1.82, 2.24) is 4.90 Å². The molecule has 0 heterocycles. The van der Waals surface area contributed by atoms with Crippen molar-refractivity contribution in [2.75, 3.05) is 26.8 Å². The van der Waals surface area contributed by atoms with Crippen LogP contribution in [-0.4, -0.2) is 60.1 Å². The van der Waals surface area contributed by atoms with Crippen LogP contribution in [-0.2, 0) is 11.2 Å². The lowest BCUT2D eigenvalue weighted by Gasteiger charge is -2.54. The van der Waals surface area contributed by atoms with Crippen molar-refractivity contribution in [3.8, 4) is 11.8 Å². The Hall–Kier alpha value is -2.95. The number of alkyl halides is 1. The largest absolute Gasteiger partial charge is 0.508 e. The number of rotatable bonds is 10. The van der Waals surface area contributed by atoms with Crippen LogP contribution in [0.4, 0.5) is 4.39 Å². The van der Waals surface area contributed by atoms with Gasteiger partial charge in [0.15, 0.2) is 0 Å². The Morgan fingerprint density at radius 2 is 1.93 bits per heavy atom. The van der Waals surface area contributed by atoms with E-state index in [1.807, 2.05) is 17.0 Å². The molecule has 7 atom stereocenters. The number of carbonyl (C=O) groups is 1. The van der Waals surface area contributed by atoms with E-state index in [1.165, 1.54) is 0 Å². The van der Waals surface area contributed by atoms with Crippen LogP contribution in [0.25, 0.3) is 0 Å². The van der Waals surface area contributed by atoms with E-state index in [0.29, 0.717) is 49.1 Å². The molecule has 3 aliphatic carbocycles. The first-order valence-corrected chi connectivity index (χ1v) is 15.2. The van der Waals surface area contributed by atoms with Crippen LogP contribution in [0.3, 0.4) is 0 Å². The summed E-state index contributed by atoms with van der Waals surface area (Å²) in [7, 11) is 1.63. The van der Waals surface area contributed by atoms with Crippen LogP contribution in [0.1, 0.15) is 84.8 Å². The topological polar surface area (TPSA) is 93.8 Å². The fourth-order valence-corrected chi connectivity index (χ4v) is 8.31. The third-order valence-electron chi connectivity index (χ3n) is 10.4. The molecule has 2 fully saturated rings. The maximum atomic E-state index is 16.0. The number of carbonyl (C=O) groups excluding carboxylic acids is 1. The summed E-state index contributed by atoms with van der Waals surface area (Å²) in [5.41, 5.74) is 2.84. The second-order valence-corrected chi connectivity index (χ2v) is 12.7. The molecule has 0 aromatic heterocycles. The van der Waals surface area contributed by atoms with E-state index in [0.717, 1.165) is 56.1 Å². The van der Waals surface area contributed by atoms with Gasteiger partial charge in [0.1, 0.15) is 11.9 Å². The number of phenolic OH excluding ortho intramolecular Hbond substituents is 1. The second-order valence-electron chi connectivity index (χ2n) is 12.7. The Bertz CT molecular complexity index is 1260. The number of ether oxygens (including phenoxy) is 1. The monoisotopic (exact) mass is 562 g/mol. The molecule has 5 rings (SSSR count). The first-order valence-electron chi connectivity index (χ1n) is 15.2. The minimum atomic E-state index is -0.998. The van der Waals surface area contributed by atoms with Crippen molar-refractivity contribution in [3.63, 3.8) is 0 Å². The van der Waals surface area contributed by atoms with Crippen molar-refractivity contribution < 1.29 is 24.1 Å². The van der Waals surface area contributed by atoms with Crippen LogP contribution in [0.5, 0.6) is 5.75 Å². The molecular formula is C34H43FN2O4. The molecule has 3 aliphatic rings. The van der Waals surface area contributed by atoms with Crippen LogP contribution < -0.4 is 0 Å². The SMILES string of the molecule is COCCN(CCCCC[C@@H]1Cc2cc(O)ccc2[C@@H]2[C@@H]1[C@@H]1CC[C@H](O)[C@@]1(C)C[C@@H]2F)C(=O)c1ccc(C#N)cc1. The number of hydrogen-bond donors (Lipinski definition) is 2. The maximum Gasteiger partial charge on any atom is 0.253 e. The number of fused-ring (bicyclic) bond motifs is 5. The van der Waals surface area contributed by atoms with E-state index in [-0.39, 0.29) is 28.9 Å². The van der Waals surface area contributed by atoms with E-state index >= 15 is 4.39 Å². The number of phenols is 1. The average molecular weight is 563 g/mol. The van der Waals surface area contributed by atoms with Gasteiger partial charge >= 0.3 is 0 Å². The number of hydrogen-bond acceptors (Lipinski definition) is 5. The number of aliphatic hydroxyl groups is 1. The summed E-state index contributed by atoms with van der Waals surface area (Å²) in [6.07, 6.45) is 5.24. The summed E-state index contributed by atoms with van der Waals surface area (Å²) >= 11 is 0. The number of aliphatic hydroxyl groups excluding tert-OH is 1. The fourth-order valence-electron chi connectivity index (χ4n) is 8.31. The van der Waals surface area contributed by atoms with E-state index < -0.39 is 12.3 Å². The molecule has 220 valence electrons. The Kier molecular flexibility index (Phi) is 9.01. The minimum Gasteiger partial charge on any atom is -0.508 e. The van der Waals surface area contributed by atoms with Crippen LogP contribution >= 0.6 is 0 Å². The lowest BCUT2D eigenvalue weighted by molar-refractivity contribution is -0.0722. The predicted octanol–water partition coefficient (Wildman–Crippen LogP) is 6.00. The highest BCUT2D eigenvalue weighted by molar-refractivity contribution is 5.94. The number of unbranched alkanes of at least 4 members (excludes halogenated alkanes) is 2. The van der Waals surface area contributed by atoms with Gasteiger partial charge in [0.2, 0.25) is 0 Å². The van der Waals surface area contributed by atoms with E-state index in [2.05, 4.69) is 13.0 Å². The predicted molar refractivity (Wildman–Crippen MR) is 155 cm³/mol. The third kappa shape index (κ3) is 5.87. The molecule has 0 radical (unpaired) electrons. The van der Waals surface area contributed by atoms with Gasteiger partial charge in [-0.3, -0.25) is 4.79 Å². The molecule has 0 saturated heterocycles. The number of nitriles is 1. The van der Waals surface area contributed by atoms with Crippen LogP contribution in [0.15, 0.2) is 42.5 Å². The zero-order chi connectivity index (χ0) is 29.1. The molecule has 2 aromatic rings. The Labute approximate surface area is 243 Å². The normalized spacial score (nSPS) is 30.1. The van der Waals surface area contributed by atoms with Crippen LogP contribution in [0.2, 0.25) is 0 Å². The molecular weight excluding hydrogens is 519 g/mol. The minimum absolute atomic E-state index is 0.0617. The summed E-state index contributed by atoms with van der Waals surface area (Å²) in [6, 6.07) is 14.3. The van der Waals surface area contributed by atoms with Crippen molar-refractivity contribution in [2.24, 2.45) is 23.2 Å². The van der Waals surface area contributed by atoms with E-state index in [9.17, 15) is 15.0 Å². The lowest BCUT2D eigenvalue weighted by Crippen LogP contribution is -2.51. The summed E-state index contributed by atoms with van der Waals surface area (Å²) in [5, 5.41) is 30.1. The average Bonchev–Trinajstić information content (AvgIpc) is 3.26. The highest BCUT2D eigenvalue weighted by atomic mass is 19.1. The van der Waals surface area contributed by atoms with Crippen molar-refractivity contribution >= 4 is 5.91 Å². The molecule has 0 spiro atoms. The second kappa shape index (κ2) is 12.5. The Balaban J connectivity index is 1.25. The summed E-state index contributed by atoms with van der Waals surface area (Å²) in [5.74, 6) is 0.782. The molecule has 41 heavy (non-hydrogen) atoms. The maximum absolute atomic E-state index is 16.0. The zero-order valence-corrected chi connectivity index (χ0v) is 24.3.